The van der Waals surface area contributed by atoms with Crippen molar-refractivity contribution < 1.29 is 0 Å². The summed E-state index contributed by atoms with van der Waals surface area (Å²) in [5, 5.41) is 0. The van der Waals surface area contributed by atoms with Gasteiger partial charge >= 0.3 is 0 Å². The van der Waals surface area contributed by atoms with E-state index in [1.807, 2.05) is 0 Å². The maximum Gasteiger partial charge on any atom is -0.0104 e. The highest BCUT2D eigenvalue weighted by atomic mass is 14.3. The Balaban J connectivity index is 2.97. The average molecular weight is 164 g/mol. The Bertz CT molecular complexity index is 216. The Morgan fingerprint density at radius 1 is 1.17 bits per heavy atom. The van der Waals surface area contributed by atoms with Crippen molar-refractivity contribution in [2.75, 3.05) is 0 Å². The van der Waals surface area contributed by atoms with Crippen LogP contribution in [0, 0.1) is 5.41 Å². The fourth-order valence-corrected chi connectivity index (χ4v) is 2.30. The van der Waals surface area contributed by atoms with E-state index in [9.17, 15) is 0 Å². The summed E-state index contributed by atoms with van der Waals surface area (Å²) in [5.74, 6) is 0. The van der Waals surface area contributed by atoms with Gasteiger partial charge in [-0.25, -0.2) is 0 Å². The quantitative estimate of drug-likeness (QED) is 0.506. The molecule has 0 aromatic heterocycles. The van der Waals surface area contributed by atoms with Crippen LogP contribution < -0.4 is 0 Å². The van der Waals surface area contributed by atoms with Crippen LogP contribution in [-0.4, -0.2) is 0 Å². The van der Waals surface area contributed by atoms with Crippen LogP contribution in [0.5, 0.6) is 0 Å². The Morgan fingerprint density at radius 3 is 2.25 bits per heavy atom. The zero-order chi connectivity index (χ0) is 9.19. The van der Waals surface area contributed by atoms with Crippen LogP contribution in [-0.2, 0) is 0 Å². The molecule has 1 saturated carbocycles. The fraction of sp³-hybridized carbons (Fsp3) is 0.667. The van der Waals surface area contributed by atoms with Crippen LogP contribution in [0.3, 0.4) is 0 Å². The molecule has 0 N–H and O–H groups in total. The van der Waals surface area contributed by atoms with Gasteiger partial charge in [-0.3, -0.25) is 0 Å². The molecule has 0 spiro atoms. The molecule has 0 bridgehead atoms. The number of hydrogen-bond donors (Lipinski definition) is 0. The minimum absolute atomic E-state index is 0.412. The van der Waals surface area contributed by atoms with E-state index >= 15 is 0 Å². The zero-order valence-electron chi connectivity index (χ0n) is 8.78. The van der Waals surface area contributed by atoms with Crippen LogP contribution in [0.25, 0.3) is 0 Å². The maximum atomic E-state index is 2.35. The van der Waals surface area contributed by atoms with E-state index in [0.29, 0.717) is 5.41 Å². The van der Waals surface area contributed by atoms with E-state index in [0.717, 1.165) is 0 Å². The molecular weight excluding hydrogens is 144 g/mol. The van der Waals surface area contributed by atoms with Crippen LogP contribution >= 0.6 is 0 Å². The molecule has 1 rings (SSSR count). The van der Waals surface area contributed by atoms with E-state index in [1.165, 1.54) is 19.3 Å². The highest BCUT2D eigenvalue weighted by Crippen LogP contribution is 2.42. The van der Waals surface area contributed by atoms with Crippen molar-refractivity contribution >= 4 is 0 Å². The van der Waals surface area contributed by atoms with Crippen molar-refractivity contribution in [3.63, 3.8) is 0 Å². The van der Waals surface area contributed by atoms with Crippen molar-refractivity contribution in [3.05, 3.63) is 23.3 Å². The molecule has 0 aromatic rings. The third-order valence-corrected chi connectivity index (χ3v) is 2.96. The van der Waals surface area contributed by atoms with Gasteiger partial charge in [0.1, 0.15) is 0 Å². The topological polar surface area (TPSA) is 0 Å². The normalized spacial score (nSPS) is 29.7. The van der Waals surface area contributed by atoms with Gasteiger partial charge in [-0.1, -0.05) is 26.0 Å². The summed E-state index contributed by atoms with van der Waals surface area (Å²) in [6, 6.07) is 0. The number of hydrogen-bond acceptors (Lipinski definition) is 0. The molecule has 0 atom stereocenters. The minimum Gasteiger partial charge on any atom is -0.0842 e. The van der Waals surface area contributed by atoms with Gasteiger partial charge in [0.05, 0.1) is 0 Å². The third-order valence-electron chi connectivity index (χ3n) is 2.96. The summed E-state index contributed by atoms with van der Waals surface area (Å²) in [5.41, 5.74) is 3.54. The zero-order valence-corrected chi connectivity index (χ0v) is 8.78. The Morgan fingerprint density at radius 2 is 1.83 bits per heavy atom. The van der Waals surface area contributed by atoms with Gasteiger partial charge < -0.3 is 0 Å². The molecule has 0 aliphatic heterocycles. The molecule has 0 unspecified atom stereocenters. The number of rotatable bonds is 0. The Hall–Kier alpha value is -0.520. The second-order valence-corrected chi connectivity index (χ2v) is 4.25. The van der Waals surface area contributed by atoms with Gasteiger partial charge in [-0.2, -0.15) is 0 Å². The lowest BCUT2D eigenvalue weighted by atomic mass is 9.70. The van der Waals surface area contributed by atoms with Gasteiger partial charge in [-0.15, -0.1) is 0 Å². The molecule has 68 valence electrons. The second kappa shape index (κ2) is 3.47. The lowest BCUT2D eigenvalue weighted by molar-refractivity contribution is 0.370. The van der Waals surface area contributed by atoms with Crippen LogP contribution in [0.4, 0.5) is 0 Å². The van der Waals surface area contributed by atoms with Crippen molar-refractivity contribution in [3.8, 4) is 0 Å². The molecule has 0 radical (unpaired) electrons. The van der Waals surface area contributed by atoms with E-state index in [2.05, 4.69) is 39.8 Å². The predicted octanol–water partition coefficient (Wildman–Crippen LogP) is 4.09. The van der Waals surface area contributed by atoms with Gasteiger partial charge in [0, 0.05) is 0 Å². The van der Waals surface area contributed by atoms with Gasteiger partial charge in [-0.05, 0) is 49.7 Å². The fourth-order valence-electron chi connectivity index (χ4n) is 2.30. The minimum atomic E-state index is 0.412. The van der Waals surface area contributed by atoms with Gasteiger partial charge in [0.25, 0.3) is 0 Å². The first kappa shape index (κ1) is 9.57. The summed E-state index contributed by atoms with van der Waals surface area (Å²) in [6.45, 7) is 9.02. The monoisotopic (exact) mass is 164 g/mol. The Kier molecular flexibility index (Phi) is 2.76. The maximum absolute atomic E-state index is 2.35. The third kappa shape index (κ3) is 1.63. The summed E-state index contributed by atoms with van der Waals surface area (Å²) < 4.78 is 0. The lowest BCUT2D eigenvalue weighted by Crippen LogP contribution is -2.20. The van der Waals surface area contributed by atoms with Crippen LogP contribution in [0.2, 0.25) is 0 Å². The van der Waals surface area contributed by atoms with Crippen molar-refractivity contribution in [1.82, 2.24) is 0 Å². The molecule has 1 fully saturated rings. The first-order chi connectivity index (χ1) is 5.61. The molecule has 0 nitrogen and oxygen atoms in total. The summed E-state index contributed by atoms with van der Waals surface area (Å²) in [7, 11) is 0. The standard InChI is InChI=1S/C12H20/c1-5-10-8-7-9-12(3,4)11(10)6-2/h5-6H,7-9H2,1-4H3/b10-5-,11-6+. The van der Waals surface area contributed by atoms with E-state index in [-0.39, 0.29) is 0 Å². The highest BCUT2D eigenvalue weighted by Gasteiger charge is 2.28. The highest BCUT2D eigenvalue weighted by molar-refractivity contribution is 5.36. The second-order valence-electron chi connectivity index (χ2n) is 4.25. The van der Waals surface area contributed by atoms with Crippen molar-refractivity contribution in [1.29, 1.82) is 0 Å². The molecule has 1 aliphatic rings. The molecule has 0 heterocycles. The van der Waals surface area contributed by atoms with E-state index in [4.69, 9.17) is 0 Å². The predicted molar refractivity (Wildman–Crippen MR) is 55.1 cm³/mol. The summed E-state index contributed by atoms with van der Waals surface area (Å²) in [6.07, 6.45) is 8.53. The molecule has 0 saturated heterocycles. The molecule has 0 amide bonds. The lowest BCUT2D eigenvalue weighted by Gasteiger charge is -2.34. The smallest absolute Gasteiger partial charge is 0.0104 e. The van der Waals surface area contributed by atoms with Crippen LogP contribution in [0.15, 0.2) is 23.3 Å². The van der Waals surface area contributed by atoms with Crippen LogP contribution in [0.1, 0.15) is 47.0 Å². The summed E-state index contributed by atoms with van der Waals surface area (Å²) >= 11 is 0. The first-order valence-electron chi connectivity index (χ1n) is 4.94. The van der Waals surface area contributed by atoms with E-state index in [1.54, 1.807) is 11.1 Å². The molecule has 1 aliphatic carbocycles. The SMILES string of the molecule is C/C=C1/CCCC(C)(C)/C1=C/C. The van der Waals surface area contributed by atoms with E-state index < -0.39 is 0 Å². The Labute approximate surface area is 76.4 Å². The first-order valence-corrected chi connectivity index (χ1v) is 4.94. The summed E-state index contributed by atoms with van der Waals surface area (Å²) in [4.78, 5) is 0. The van der Waals surface area contributed by atoms with Crippen molar-refractivity contribution in [2.45, 2.75) is 47.0 Å². The largest absolute Gasteiger partial charge is 0.0842 e. The average Bonchev–Trinajstić information content (AvgIpc) is 2.02. The molecular formula is C12H20. The van der Waals surface area contributed by atoms with Gasteiger partial charge in [0.2, 0.25) is 0 Å². The number of allylic oxidation sites excluding steroid dienone is 4. The molecule has 0 heteroatoms. The molecule has 12 heavy (non-hydrogen) atoms. The van der Waals surface area contributed by atoms with Crippen molar-refractivity contribution in [2.24, 2.45) is 5.41 Å². The van der Waals surface area contributed by atoms with Gasteiger partial charge in [0.15, 0.2) is 0 Å². The molecule has 0 aromatic carbocycles.